The molecule has 2 aliphatic heterocycles. The Balaban J connectivity index is 1.72. The molecule has 0 bridgehead atoms. The minimum Gasteiger partial charge on any atom is -0.374 e. The lowest BCUT2D eigenvalue weighted by Gasteiger charge is -2.36. The quantitative estimate of drug-likeness (QED) is 0.720. The van der Waals surface area contributed by atoms with Gasteiger partial charge in [-0.15, -0.1) is 0 Å². The maximum atomic E-state index is 12.3. The van der Waals surface area contributed by atoms with Crippen LogP contribution < -0.4 is 15.5 Å². The van der Waals surface area contributed by atoms with Crippen molar-refractivity contribution in [2.24, 2.45) is 5.92 Å². The van der Waals surface area contributed by atoms with Crippen molar-refractivity contribution >= 4 is 17.5 Å². The van der Waals surface area contributed by atoms with E-state index in [0.717, 1.165) is 26.1 Å². The number of aryl methyl sites for hydroxylation is 1. The second kappa shape index (κ2) is 10.1. The van der Waals surface area contributed by atoms with Gasteiger partial charge in [0.2, 0.25) is 0 Å². The molecule has 1 saturated heterocycles. The molecule has 0 saturated carbocycles. The van der Waals surface area contributed by atoms with Crippen molar-refractivity contribution in [3.63, 3.8) is 0 Å². The van der Waals surface area contributed by atoms with Crippen molar-refractivity contribution in [1.29, 1.82) is 0 Å². The molecule has 1 aromatic carbocycles. The lowest BCUT2D eigenvalue weighted by molar-refractivity contribution is -0.139. The van der Waals surface area contributed by atoms with Crippen LogP contribution in [-0.2, 0) is 16.0 Å². The second-order valence-electron chi connectivity index (χ2n) is 8.84. The van der Waals surface area contributed by atoms with Crippen LogP contribution in [0.1, 0.15) is 56.7 Å². The van der Waals surface area contributed by atoms with Gasteiger partial charge in [0.25, 0.3) is 0 Å². The molecule has 6 nitrogen and oxygen atoms in total. The van der Waals surface area contributed by atoms with Gasteiger partial charge >= 0.3 is 11.8 Å². The van der Waals surface area contributed by atoms with Crippen molar-refractivity contribution in [1.82, 2.24) is 15.5 Å². The van der Waals surface area contributed by atoms with Gasteiger partial charge in [0.1, 0.15) is 0 Å². The molecule has 1 unspecified atom stereocenters. The highest BCUT2D eigenvalue weighted by Gasteiger charge is 2.25. The van der Waals surface area contributed by atoms with Gasteiger partial charge in [-0.25, -0.2) is 0 Å². The smallest absolute Gasteiger partial charge is 0.309 e. The van der Waals surface area contributed by atoms with Crippen LogP contribution in [0.4, 0.5) is 5.69 Å². The SMILES string of the molecule is CC(C)CNC(=O)C(=O)NCC(c1ccc2c(c1)CCCN2C)N1CCCCC1. The van der Waals surface area contributed by atoms with Gasteiger partial charge in [-0.2, -0.15) is 0 Å². The van der Waals surface area contributed by atoms with E-state index in [1.165, 1.54) is 42.5 Å². The van der Waals surface area contributed by atoms with E-state index >= 15 is 0 Å². The fourth-order valence-electron chi connectivity index (χ4n) is 4.35. The minimum atomic E-state index is -0.539. The van der Waals surface area contributed by atoms with Crippen LogP contribution in [0.5, 0.6) is 0 Å². The molecular formula is C23H36N4O2. The van der Waals surface area contributed by atoms with Gasteiger partial charge in [-0.1, -0.05) is 32.4 Å². The normalized spacial score (nSPS) is 18.3. The van der Waals surface area contributed by atoms with Crippen molar-refractivity contribution in [3.05, 3.63) is 29.3 Å². The predicted octanol–water partition coefficient (Wildman–Crippen LogP) is 2.48. The van der Waals surface area contributed by atoms with Crippen LogP contribution in [-0.4, -0.2) is 56.5 Å². The summed E-state index contributed by atoms with van der Waals surface area (Å²) in [6.45, 7) is 8.18. The number of rotatable bonds is 6. The Morgan fingerprint density at radius 3 is 2.34 bits per heavy atom. The van der Waals surface area contributed by atoms with E-state index < -0.39 is 11.8 Å². The van der Waals surface area contributed by atoms with Crippen LogP contribution in [0.2, 0.25) is 0 Å². The number of hydrogen-bond acceptors (Lipinski definition) is 4. The number of carbonyl (C=O) groups is 2. The third-order valence-electron chi connectivity index (χ3n) is 6.00. The van der Waals surface area contributed by atoms with Crippen LogP contribution in [0, 0.1) is 5.92 Å². The molecule has 6 heteroatoms. The zero-order chi connectivity index (χ0) is 20.8. The van der Waals surface area contributed by atoms with Crippen LogP contribution >= 0.6 is 0 Å². The van der Waals surface area contributed by atoms with Gasteiger partial charge in [-0.3, -0.25) is 14.5 Å². The van der Waals surface area contributed by atoms with Gasteiger partial charge in [-0.05, 0) is 61.9 Å². The number of nitrogens with one attached hydrogen (secondary N) is 2. The molecule has 1 atom stereocenters. The third-order valence-corrected chi connectivity index (χ3v) is 6.00. The maximum Gasteiger partial charge on any atom is 0.309 e. The highest BCUT2D eigenvalue weighted by Crippen LogP contribution is 2.31. The number of benzene rings is 1. The zero-order valence-electron chi connectivity index (χ0n) is 18.2. The molecule has 0 aliphatic carbocycles. The van der Waals surface area contributed by atoms with Gasteiger partial charge in [0, 0.05) is 32.4 Å². The Kier molecular flexibility index (Phi) is 7.53. The lowest BCUT2D eigenvalue weighted by Crippen LogP contribution is -2.45. The van der Waals surface area contributed by atoms with Crippen molar-refractivity contribution < 1.29 is 9.59 Å². The fraction of sp³-hybridized carbons (Fsp3) is 0.652. The summed E-state index contributed by atoms with van der Waals surface area (Å²) >= 11 is 0. The van der Waals surface area contributed by atoms with Crippen LogP contribution in [0.3, 0.4) is 0 Å². The average molecular weight is 401 g/mol. The number of nitrogens with zero attached hydrogens (tertiary/aromatic N) is 2. The van der Waals surface area contributed by atoms with Crippen LogP contribution in [0.25, 0.3) is 0 Å². The number of piperidine rings is 1. The predicted molar refractivity (Wildman–Crippen MR) is 117 cm³/mol. The Labute approximate surface area is 175 Å². The summed E-state index contributed by atoms with van der Waals surface area (Å²) in [6, 6.07) is 6.84. The van der Waals surface area contributed by atoms with E-state index in [0.29, 0.717) is 19.0 Å². The zero-order valence-corrected chi connectivity index (χ0v) is 18.2. The number of likely N-dealkylation sites (tertiary alicyclic amines) is 1. The Morgan fingerprint density at radius 2 is 1.66 bits per heavy atom. The minimum absolute atomic E-state index is 0.106. The molecule has 2 amide bonds. The highest BCUT2D eigenvalue weighted by atomic mass is 16.2. The molecule has 0 aromatic heterocycles. The first-order valence-corrected chi connectivity index (χ1v) is 11.1. The number of hydrogen-bond donors (Lipinski definition) is 2. The van der Waals surface area contributed by atoms with E-state index in [1.54, 1.807) is 0 Å². The summed E-state index contributed by atoms with van der Waals surface area (Å²) in [6.07, 6.45) is 5.92. The molecule has 160 valence electrons. The molecule has 2 aliphatic rings. The maximum absolute atomic E-state index is 12.3. The summed E-state index contributed by atoms with van der Waals surface area (Å²) in [5, 5.41) is 5.59. The molecule has 1 aromatic rings. The topological polar surface area (TPSA) is 64.7 Å². The van der Waals surface area contributed by atoms with Crippen molar-refractivity contribution in [2.45, 2.75) is 52.0 Å². The Hall–Kier alpha value is -2.08. The van der Waals surface area contributed by atoms with Gasteiger partial charge in [0.05, 0.1) is 6.04 Å². The molecule has 0 radical (unpaired) electrons. The third kappa shape index (κ3) is 5.72. The highest BCUT2D eigenvalue weighted by molar-refractivity contribution is 6.35. The van der Waals surface area contributed by atoms with E-state index in [9.17, 15) is 9.59 Å². The molecule has 2 heterocycles. The van der Waals surface area contributed by atoms with E-state index in [4.69, 9.17) is 0 Å². The Bertz CT molecular complexity index is 713. The monoisotopic (exact) mass is 400 g/mol. The number of fused-ring (bicyclic) bond motifs is 1. The van der Waals surface area contributed by atoms with E-state index in [1.807, 2.05) is 13.8 Å². The molecular weight excluding hydrogens is 364 g/mol. The fourth-order valence-corrected chi connectivity index (χ4v) is 4.35. The first kappa shape index (κ1) is 21.6. The molecule has 3 rings (SSSR count). The first-order valence-electron chi connectivity index (χ1n) is 11.1. The van der Waals surface area contributed by atoms with E-state index in [-0.39, 0.29) is 6.04 Å². The average Bonchev–Trinajstić information content (AvgIpc) is 2.73. The largest absolute Gasteiger partial charge is 0.374 e. The second-order valence-corrected chi connectivity index (χ2v) is 8.84. The molecule has 0 spiro atoms. The summed E-state index contributed by atoms with van der Waals surface area (Å²) in [4.78, 5) is 29.1. The number of carbonyl (C=O) groups excluding carboxylic acids is 2. The van der Waals surface area contributed by atoms with Gasteiger partial charge < -0.3 is 15.5 Å². The lowest BCUT2D eigenvalue weighted by atomic mass is 9.95. The molecule has 29 heavy (non-hydrogen) atoms. The number of amides is 2. The summed E-state index contributed by atoms with van der Waals surface area (Å²) in [5.74, 6) is -0.755. The van der Waals surface area contributed by atoms with Gasteiger partial charge in [0.15, 0.2) is 0 Å². The Morgan fingerprint density at radius 1 is 0.966 bits per heavy atom. The number of anilines is 1. The van der Waals surface area contributed by atoms with E-state index in [2.05, 4.69) is 45.7 Å². The summed E-state index contributed by atoms with van der Waals surface area (Å²) in [5.41, 5.74) is 3.94. The summed E-state index contributed by atoms with van der Waals surface area (Å²) < 4.78 is 0. The van der Waals surface area contributed by atoms with Crippen LogP contribution in [0.15, 0.2) is 18.2 Å². The standard InChI is InChI=1S/C23H36N4O2/c1-17(2)15-24-22(28)23(29)25-16-21(27-12-5-4-6-13-27)19-9-10-20-18(14-19)8-7-11-26(20)3/h9-10,14,17,21H,4-8,11-13,15-16H2,1-3H3,(H,24,28)(H,25,29). The first-order chi connectivity index (χ1) is 14.0. The molecule has 2 N–H and O–H groups in total. The molecule has 1 fully saturated rings. The van der Waals surface area contributed by atoms with Crippen molar-refractivity contribution in [2.75, 3.05) is 44.7 Å². The van der Waals surface area contributed by atoms with Crippen molar-refractivity contribution in [3.8, 4) is 0 Å². The summed E-state index contributed by atoms with van der Waals surface area (Å²) in [7, 11) is 2.15.